The third-order valence-electron chi connectivity index (χ3n) is 3.56. The van der Waals surface area contributed by atoms with Gasteiger partial charge in [-0.2, -0.15) is 0 Å². The highest BCUT2D eigenvalue weighted by atomic mass is 16.5. The molecule has 1 atom stereocenters. The Kier molecular flexibility index (Phi) is 6.54. The van der Waals surface area contributed by atoms with E-state index in [9.17, 15) is 4.79 Å². The molecule has 1 aliphatic rings. The van der Waals surface area contributed by atoms with E-state index in [1.165, 1.54) is 0 Å². The third-order valence-corrected chi connectivity index (χ3v) is 3.56. The number of amides is 1. The summed E-state index contributed by atoms with van der Waals surface area (Å²) in [6, 6.07) is 8.19. The summed E-state index contributed by atoms with van der Waals surface area (Å²) in [4.78, 5) is 11.9. The van der Waals surface area contributed by atoms with Crippen LogP contribution in [0.1, 0.15) is 38.2 Å². The molecule has 0 aliphatic carbocycles. The van der Waals surface area contributed by atoms with Crippen LogP contribution in [0.4, 0.5) is 0 Å². The van der Waals surface area contributed by atoms with E-state index in [2.05, 4.69) is 12.2 Å². The molecular formula is C17H25NO3. The second-order valence-electron chi connectivity index (χ2n) is 5.47. The lowest BCUT2D eigenvalue weighted by atomic mass is 10.1. The van der Waals surface area contributed by atoms with Crippen molar-refractivity contribution in [3.63, 3.8) is 0 Å². The zero-order valence-electron chi connectivity index (χ0n) is 12.8. The summed E-state index contributed by atoms with van der Waals surface area (Å²) in [6.45, 7) is 4.30. The van der Waals surface area contributed by atoms with Crippen molar-refractivity contribution >= 4 is 5.91 Å². The maximum absolute atomic E-state index is 11.9. The first kappa shape index (κ1) is 15.8. The van der Waals surface area contributed by atoms with Crippen molar-refractivity contribution in [1.29, 1.82) is 0 Å². The lowest BCUT2D eigenvalue weighted by Crippen LogP contribution is -2.40. The normalized spacial score (nSPS) is 18.2. The van der Waals surface area contributed by atoms with Crippen molar-refractivity contribution in [2.75, 3.05) is 19.8 Å². The van der Waals surface area contributed by atoms with Gasteiger partial charge in [0.05, 0.1) is 19.3 Å². The van der Waals surface area contributed by atoms with Crippen LogP contribution in [-0.2, 0) is 16.0 Å². The quantitative estimate of drug-likeness (QED) is 0.840. The minimum Gasteiger partial charge on any atom is -0.494 e. The molecule has 0 bridgehead atoms. The Bertz CT molecular complexity index is 424. The van der Waals surface area contributed by atoms with Gasteiger partial charge in [-0.15, -0.1) is 0 Å². The molecule has 1 amide bonds. The number of nitrogens with one attached hydrogen (secondary N) is 1. The topological polar surface area (TPSA) is 47.6 Å². The van der Waals surface area contributed by atoms with Gasteiger partial charge in [-0.1, -0.05) is 19.1 Å². The van der Waals surface area contributed by atoms with Crippen LogP contribution in [0.25, 0.3) is 0 Å². The second kappa shape index (κ2) is 8.67. The number of rotatable bonds is 7. The van der Waals surface area contributed by atoms with Crippen molar-refractivity contribution in [3.8, 4) is 5.75 Å². The van der Waals surface area contributed by atoms with Gasteiger partial charge in [-0.3, -0.25) is 4.79 Å². The number of carbonyl (C=O) groups excluding carboxylic acids is 1. The van der Waals surface area contributed by atoms with E-state index >= 15 is 0 Å². The summed E-state index contributed by atoms with van der Waals surface area (Å²) in [6.07, 6.45) is 4.34. The van der Waals surface area contributed by atoms with Crippen molar-refractivity contribution in [3.05, 3.63) is 29.8 Å². The van der Waals surface area contributed by atoms with Gasteiger partial charge in [0.1, 0.15) is 5.75 Å². The molecule has 116 valence electrons. The largest absolute Gasteiger partial charge is 0.494 e. The molecule has 1 N–H and O–H groups in total. The molecular weight excluding hydrogens is 266 g/mol. The summed E-state index contributed by atoms with van der Waals surface area (Å²) in [5.41, 5.74) is 1.16. The molecule has 21 heavy (non-hydrogen) atoms. The minimum absolute atomic E-state index is 0.108. The fourth-order valence-corrected chi connectivity index (χ4v) is 2.38. The molecule has 1 heterocycles. The lowest BCUT2D eigenvalue weighted by molar-refractivity contribution is -0.122. The molecule has 1 fully saturated rings. The standard InChI is InChI=1S/C17H25NO3/c1-2-11-21-16-8-5-14(6-9-16)7-10-17(19)18-15-4-3-12-20-13-15/h5-6,8-9,15H,2-4,7,10-13H2,1H3,(H,18,19). The van der Waals surface area contributed by atoms with Gasteiger partial charge in [0, 0.05) is 13.0 Å². The Morgan fingerprint density at radius 3 is 2.86 bits per heavy atom. The summed E-state index contributed by atoms with van der Waals surface area (Å²) in [7, 11) is 0. The number of aryl methyl sites for hydroxylation is 1. The van der Waals surface area contributed by atoms with Gasteiger partial charge in [0.2, 0.25) is 5.91 Å². The predicted octanol–water partition coefficient (Wildman–Crippen LogP) is 2.70. The summed E-state index contributed by atoms with van der Waals surface area (Å²) in [5.74, 6) is 1.00. The van der Waals surface area contributed by atoms with Crippen molar-refractivity contribution in [2.24, 2.45) is 0 Å². The Balaban J connectivity index is 1.70. The highest BCUT2D eigenvalue weighted by Gasteiger charge is 2.15. The predicted molar refractivity (Wildman–Crippen MR) is 82.5 cm³/mol. The summed E-state index contributed by atoms with van der Waals surface area (Å²) < 4.78 is 10.9. The Morgan fingerprint density at radius 2 is 2.19 bits per heavy atom. The minimum atomic E-state index is 0.108. The Hall–Kier alpha value is -1.55. The van der Waals surface area contributed by atoms with E-state index in [0.29, 0.717) is 13.0 Å². The molecule has 2 rings (SSSR count). The fourth-order valence-electron chi connectivity index (χ4n) is 2.38. The average Bonchev–Trinajstić information content (AvgIpc) is 2.53. The number of hydrogen-bond donors (Lipinski definition) is 1. The van der Waals surface area contributed by atoms with Crippen molar-refractivity contribution < 1.29 is 14.3 Å². The first-order valence-electron chi connectivity index (χ1n) is 7.87. The Morgan fingerprint density at radius 1 is 1.38 bits per heavy atom. The zero-order valence-corrected chi connectivity index (χ0v) is 12.8. The molecule has 1 aromatic rings. The van der Waals surface area contributed by atoms with Crippen molar-refractivity contribution in [1.82, 2.24) is 5.32 Å². The van der Waals surface area contributed by atoms with E-state index in [1.807, 2.05) is 24.3 Å². The van der Waals surface area contributed by atoms with E-state index in [0.717, 1.165) is 50.2 Å². The molecule has 4 heteroatoms. The molecule has 0 saturated carbocycles. The molecule has 4 nitrogen and oxygen atoms in total. The highest BCUT2D eigenvalue weighted by Crippen LogP contribution is 2.14. The highest BCUT2D eigenvalue weighted by molar-refractivity contribution is 5.76. The third kappa shape index (κ3) is 5.76. The number of hydrogen-bond acceptors (Lipinski definition) is 3. The smallest absolute Gasteiger partial charge is 0.220 e. The average molecular weight is 291 g/mol. The monoisotopic (exact) mass is 291 g/mol. The molecule has 1 unspecified atom stereocenters. The fraction of sp³-hybridized carbons (Fsp3) is 0.588. The van der Waals surface area contributed by atoms with Crippen molar-refractivity contribution in [2.45, 2.75) is 45.1 Å². The van der Waals surface area contributed by atoms with Crippen LogP contribution < -0.4 is 10.1 Å². The second-order valence-corrected chi connectivity index (χ2v) is 5.47. The van der Waals surface area contributed by atoms with Gasteiger partial charge >= 0.3 is 0 Å². The molecule has 0 aromatic heterocycles. The number of carbonyl (C=O) groups is 1. The molecule has 1 aromatic carbocycles. The molecule has 0 radical (unpaired) electrons. The van der Waals surface area contributed by atoms with Gasteiger partial charge < -0.3 is 14.8 Å². The van der Waals surface area contributed by atoms with Crippen LogP contribution in [0, 0.1) is 0 Å². The van der Waals surface area contributed by atoms with Gasteiger partial charge in [-0.05, 0) is 43.4 Å². The Labute approximate surface area is 126 Å². The number of ether oxygens (including phenoxy) is 2. The maximum atomic E-state index is 11.9. The van der Waals surface area contributed by atoms with Crippen LogP contribution in [0.15, 0.2) is 24.3 Å². The first-order chi connectivity index (χ1) is 10.3. The SMILES string of the molecule is CCCOc1ccc(CCC(=O)NC2CCCOC2)cc1. The first-order valence-corrected chi connectivity index (χ1v) is 7.87. The van der Waals surface area contributed by atoms with Gasteiger partial charge in [0.15, 0.2) is 0 Å². The van der Waals surface area contributed by atoms with E-state index in [-0.39, 0.29) is 11.9 Å². The van der Waals surface area contributed by atoms with E-state index in [4.69, 9.17) is 9.47 Å². The molecule has 0 spiro atoms. The number of benzene rings is 1. The van der Waals surface area contributed by atoms with Crippen LogP contribution in [0.5, 0.6) is 5.75 Å². The van der Waals surface area contributed by atoms with Gasteiger partial charge in [-0.25, -0.2) is 0 Å². The van der Waals surface area contributed by atoms with Crippen LogP contribution in [0.2, 0.25) is 0 Å². The lowest BCUT2D eigenvalue weighted by Gasteiger charge is -2.23. The van der Waals surface area contributed by atoms with Crippen LogP contribution >= 0.6 is 0 Å². The molecule has 1 aliphatic heterocycles. The maximum Gasteiger partial charge on any atom is 0.220 e. The summed E-state index contributed by atoms with van der Waals surface area (Å²) >= 11 is 0. The van der Waals surface area contributed by atoms with E-state index in [1.54, 1.807) is 0 Å². The zero-order chi connectivity index (χ0) is 14.9. The van der Waals surface area contributed by atoms with Crippen LogP contribution in [-0.4, -0.2) is 31.8 Å². The van der Waals surface area contributed by atoms with Crippen LogP contribution in [0.3, 0.4) is 0 Å². The molecule has 1 saturated heterocycles. The van der Waals surface area contributed by atoms with E-state index < -0.39 is 0 Å². The van der Waals surface area contributed by atoms with Gasteiger partial charge in [0.25, 0.3) is 0 Å². The summed E-state index contributed by atoms with van der Waals surface area (Å²) in [5, 5.41) is 3.04.